The third kappa shape index (κ3) is 7.25. The minimum absolute atomic E-state index is 0.0128. The summed E-state index contributed by atoms with van der Waals surface area (Å²) >= 11 is 6.23. The molecule has 1 aliphatic heterocycles. The maximum atomic E-state index is 13.8. The Kier molecular flexibility index (Phi) is 9.28. The number of nitrogens with two attached hydrogens (primary N) is 1. The third-order valence-corrected chi connectivity index (χ3v) is 7.22. The largest absolute Gasteiger partial charge is 0.391 e. The van der Waals surface area contributed by atoms with E-state index in [1.165, 1.54) is 47.4 Å². The van der Waals surface area contributed by atoms with Gasteiger partial charge in [0, 0.05) is 36.3 Å². The third-order valence-electron chi connectivity index (χ3n) is 6.90. The van der Waals surface area contributed by atoms with Crippen molar-refractivity contribution in [2.24, 2.45) is 17.6 Å². The summed E-state index contributed by atoms with van der Waals surface area (Å²) in [6.07, 6.45) is -0.882. The summed E-state index contributed by atoms with van der Waals surface area (Å²) in [5.41, 5.74) is 6.60. The number of aliphatic hydroxyl groups excluding tert-OH is 1. The van der Waals surface area contributed by atoms with Gasteiger partial charge in [-0.3, -0.25) is 14.5 Å². The maximum Gasteiger partial charge on any atom is 0.241 e. The van der Waals surface area contributed by atoms with Crippen LogP contribution >= 0.6 is 11.6 Å². The van der Waals surface area contributed by atoms with E-state index in [0.717, 1.165) is 0 Å². The summed E-state index contributed by atoms with van der Waals surface area (Å²) in [4.78, 5) is 29.2. The number of hydrogen-bond donors (Lipinski definition) is 3. The number of aliphatic hydroxyl groups is 1. The monoisotopic (exact) mass is 536 g/mol. The molecule has 0 spiro atoms. The Morgan fingerprint density at radius 2 is 1.78 bits per heavy atom. The molecule has 0 unspecified atom stereocenters. The molecule has 1 saturated heterocycles. The van der Waals surface area contributed by atoms with Crippen LogP contribution in [-0.2, 0) is 9.59 Å². The van der Waals surface area contributed by atoms with Gasteiger partial charge in [-0.2, -0.15) is 0 Å². The lowest BCUT2D eigenvalue weighted by molar-refractivity contribution is -0.124. The second kappa shape index (κ2) is 11.9. The molecule has 10 heteroatoms. The first-order chi connectivity index (χ1) is 17.3. The number of hydrogen-bond acceptors (Lipinski definition) is 5. The first kappa shape index (κ1) is 29.0. The van der Waals surface area contributed by atoms with Gasteiger partial charge in [0.05, 0.1) is 23.4 Å². The number of halogens is 3. The molecule has 2 amide bonds. The molecule has 1 fully saturated rings. The molecule has 2 aromatic carbocycles. The molecular formula is C27H35ClF2N4O3. The van der Waals surface area contributed by atoms with Gasteiger partial charge in [0.15, 0.2) is 0 Å². The lowest BCUT2D eigenvalue weighted by atomic mass is 9.86. The van der Waals surface area contributed by atoms with Gasteiger partial charge in [0.25, 0.3) is 0 Å². The number of nitrogens with one attached hydrogen (secondary N) is 1. The fourth-order valence-corrected chi connectivity index (χ4v) is 4.74. The van der Waals surface area contributed by atoms with Crippen molar-refractivity contribution in [2.45, 2.75) is 51.8 Å². The highest BCUT2D eigenvalue weighted by atomic mass is 35.5. The van der Waals surface area contributed by atoms with E-state index in [2.05, 4.69) is 5.32 Å². The van der Waals surface area contributed by atoms with Gasteiger partial charge < -0.3 is 21.1 Å². The molecule has 1 aliphatic rings. The molecule has 0 saturated carbocycles. The Morgan fingerprint density at radius 1 is 1.16 bits per heavy atom. The van der Waals surface area contributed by atoms with E-state index < -0.39 is 35.2 Å². The van der Waals surface area contributed by atoms with Crippen LogP contribution in [0.4, 0.5) is 20.2 Å². The van der Waals surface area contributed by atoms with Crippen LogP contribution in [0.25, 0.3) is 0 Å². The Labute approximate surface area is 221 Å². The van der Waals surface area contributed by atoms with Crippen molar-refractivity contribution in [3.8, 4) is 0 Å². The summed E-state index contributed by atoms with van der Waals surface area (Å²) in [5, 5.41) is 14.0. The zero-order valence-corrected chi connectivity index (χ0v) is 22.3. The first-order valence-corrected chi connectivity index (χ1v) is 12.7. The molecule has 1 heterocycles. The Hall–Kier alpha value is -2.59. The van der Waals surface area contributed by atoms with Crippen molar-refractivity contribution in [3.63, 3.8) is 0 Å². The predicted octanol–water partition coefficient (Wildman–Crippen LogP) is 4.03. The van der Waals surface area contributed by atoms with Gasteiger partial charge in [-0.25, -0.2) is 8.78 Å². The molecule has 2 aromatic rings. The van der Waals surface area contributed by atoms with Gasteiger partial charge in [-0.05, 0) is 68.7 Å². The SMILES string of the molecule is CC(C)[C@H](C[C@H](O)[C@@H](N)CN1CC(=O)N(c2cc(F)ccc2Cl)CC1(C)C)C(=O)Nc1ccc(F)cc1. The van der Waals surface area contributed by atoms with Crippen LogP contribution in [-0.4, -0.2) is 59.1 Å². The van der Waals surface area contributed by atoms with E-state index >= 15 is 0 Å². The van der Waals surface area contributed by atoms with E-state index in [1.54, 1.807) is 0 Å². The number of carbonyl (C=O) groups excluding carboxylic acids is 2. The van der Waals surface area contributed by atoms with E-state index in [0.29, 0.717) is 11.4 Å². The minimum Gasteiger partial charge on any atom is -0.391 e. The second-order valence-electron chi connectivity index (χ2n) is 10.6. The van der Waals surface area contributed by atoms with Crippen molar-refractivity contribution < 1.29 is 23.5 Å². The van der Waals surface area contributed by atoms with Crippen LogP contribution in [0.2, 0.25) is 5.02 Å². The number of carbonyl (C=O) groups is 2. The highest BCUT2D eigenvalue weighted by Crippen LogP contribution is 2.32. The lowest BCUT2D eigenvalue weighted by Crippen LogP contribution is -2.64. The molecule has 0 radical (unpaired) electrons. The first-order valence-electron chi connectivity index (χ1n) is 12.3. The number of amides is 2. The standard InChI is InChI=1S/C27H35ClF2N4O3/c1-16(2)20(26(37)32-19-8-5-17(29)6-9-19)12-24(35)22(31)13-33-14-25(36)34(15-27(33,3)4)23-11-18(30)7-10-21(23)28/h5-11,16,20,22,24,35H,12-15,31H2,1-4H3,(H,32,37)/t20-,22-,24-/m0/s1. The Bertz CT molecular complexity index is 1110. The molecule has 3 atom stereocenters. The summed E-state index contributed by atoms with van der Waals surface area (Å²) < 4.78 is 27.0. The molecular weight excluding hydrogens is 502 g/mol. The van der Waals surface area contributed by atoms with Crippen LogP contribution < -0.4 is 16.0 Å². The van der Waals surface area contributed by atoms with Crippen LogP contribution in [0.15, 0.2) is 42.5 Å². The van der Waals surface area contributed by atoms with Gasteiger partial charge in [0.1, 0.15) is 11.6 Å². The molecule has 4 N–H and O–H groups in total. The predicted molar refractivity (Wildman–Crippen MR) is 141 cm³/mol. The van der Waals surface area contributed by atoms with E-state index in [-0.39, 0.29) is 48.8 Å². The fraction of sp³-hybridized carbons (Fsp3) is 0.481. The zero-order chi connectivity index (χ0) is 27.5. The van der Waals surface area contributed by atoms with E-state index in [9.17, 15) is 23.5 Å². The van der Waals surface area contributed by atoms with Crippen LogP contribution in [0, 0.1) is 23.5 Å². The van der Waals surface area contributed by atoms with Crippen molar-refractivity contribution in [1.29, 1.82) is 0 Å². The Morgan fingerprint density at radius 3 is 2.41 bits per heavy atom. The Balaban J connectivity index is 1.64. The summed E-state index contributed by atoms with van der Waals surface area (Å²) in [6, 6.07) is 8.64. The van der Waals surface area contributed by atoms with Crippen LogP contribution in [0.3, 0.4) is 0 Å². The summed E-state index contributed by atoms with van der Waals surface area (Å²) in [7, 11) is 0. The average Bonchev–Trinajstić information content (AvgIpc) is 2.82. The number of nitrogens with zero attached hydrogens (tertiary/aromatic N) is 2. The highest BCUT2D eigenvalue weighted by molar-refractivity contribution is 6.33. The lowest BCUT2D eigenvalue weighted by Gasteiger charge is -2.47. The number of benzene rings is 2. The van der Waals surface area contributed by atoms with Gasteiger partial charge in [0.2, 0.25) is 11.8 Å². The van der Waals surface area contributed by atoms with E-state index in [4.69, 9.17) is 17.3 Å². The average molecular weight is 537 g/mol. The quantitative estimate of drug-likeness (QED) is 0.449. The highest BCUT2D eigenvalue weighted by Gasteiger charge is 2.40. The van der Waals surface area contributed by atoms with Crippen molar-refractivity contribution in [3.05, 3.63) is 59.1 Å². The van der Waals surface area contributed by atoms with E-state index in [1.807, 2.05) is 32.6 Å². The molecule has 0 aromatic heterocycles. The zero-order valence-electron chi connectivity index (χ0n) is 21.5. The minimum atomic E-state index is -1.01. The van der Waals surface area contributed by atoms with Gasteiger partial charge in [-0.1, -0.05) is 25.4 Å². The molecule has 3 rings (SSSR count). The van der Waals surface area contributed by atoms with Crippen LogP contribution in [0.5, 0.6) is 0 Å². The van der Waals surface area contributed by atoms with Crippen molar-refractivity contribution in [2.75, 3.05) is 29.9 Å². The van der Waals surface area contributed by atoms with Crippen molar-refractivity contribution in [1.82, 2.24) is 4.90 Å². The summed E-state index contributed by atoms with van der Waals surface area (Å²) in [5.74, 6) is -2.05. The smallest absolute Gasteiger partial charge is 0.241 e. The second-order valence-corrected chi connectivity index (χ2v) is 11.0. The number of piperazine rings is 1. The maximum absolute atomic E-state index is 13.8. The van der Waals surface area contributed by atoms with Gasteiger partial charge in [-0.15, -0.1) is 0 Å². The van der Waals surface area contributed by atoms with Crippen LogP contribution in [0.1, 0.15) is 34.1 Å². The fourth-order valence-electron chi connectivity index (χ4n) is 4.52. The topological polar surface area (TPSA) is 98.9 Å². The molecule has 37 heavy (non-hydrogen) atoms. The normalized spacial score (nSPS) is 18.5. The molecule has 0 aliphatic carbocycles. The van der Waals surface area contributed by atoms with Gasteiger partial charge >= 0.3 is 0 Å². The molecule has 0 bridgehead atoms. The molecule has 7 nitrogen and oxygen atoms in total. The summed E-state index contributed by atoms with van der Waals surface area (Å²) in [6.45, 7) is 8.12. The van der Waals surface area contributed by atoms with Crippen molar-refractivity contribution >= 4 is 34.8 Å². The number of rotatable bonds is 9. The molecule has 202 valence electrons. The number of anilines is 2.